The molecule has 1 aromatic rings. The van der Waals surface area contributed by atoms with E-state index in [0.29, 0.717) is 18.7 Å². The second-order valence-electron chi connectivity index (χ2n) is 6.61. The molecule has 2 aliphatic rings. The van der Waals surface area contributed by atoms with E-state index in [1.54, 1.807) is 7.11 Å². The maximum Gasteiger partial charge on any atom is 0.191 e. The Morgan fingerprint density at radius 2 is 1.96 bits per heavy atom. The van der Waals surface area contributed by atoms with Gasteiger partial charge in [0, 0.05) is 24.2 Å². The Kier molecular flexibility index (Phi) is 8.12. The SMILES string of the molecule is CCNC(=NCc1ccc(OC)cc1OC1CCCC1)NC1CC1.I. The van der Waals surface area contributed by atoms with Crippen LogP contribution in [-0.2, 0) is 6.54 Å². The average molecular weight is 459 g/mol. The van der Waals surface area contributed by atoms with Gasteiger partial charge in [-0.3, -0.25) is 0 Å². The summed E-state index contributed by atoms with van der Waals surface area (Å²) < 4.78 is 11.6. The zero-order valence-electron chi connectivity index (χ0n) is 15.2. The topological polar surface area (TPSA) is 54.9 Å². The van der Waals surface area contributed by atoms with Gasteiger partial charge in [0.2, 0.25) is 0 Å². The summed E-state index contributed by atoms with van der Waals surface area (Å²) in [6.45, 7) is 3.56. The third kappa shape index (κ3) is 6.24. The van der Waals surface area contributed by atoms with Crippen LogP contribution >= 0.6 is 24.0 Å². The van der Waals surface area contributed by atoms with Crippen LogP contribution in [0.3, 0.4) is 0 Å². The van der Waals surface area contributed by atoms with E-state index >= 15 is 0 Å². The number of rotatable bonds is 7. The molecule has 0 heterocycles. The normalized spacial score (nSPS) is 17.8. The van der Waals surface area contributed by atoms with Crippen LogP contribution in [-0.4, -0.2) is 31.8 Å². The first-order valence-electron chi connectivity index (χ1n) is 9.17. The number of nitrogens with zero attached hydrogens (tertiary/aromatic N) is 1. The fraction of sp³-hybridized carbons (Fsp3) is 0.632. The van der Waals surface area contributed by atoms with Crippen molar-refractivity contribution in [3.05, 3.63) is 23.8 Å². The van der Waals surface area contributed by atoms with Gasteiger partial charge in [0.25, 0.3) is 0 Å². The minimum Gasteiger partial charge on any atom is -0.497 e. The van der Waals surface area contributed by atoms with Crippen LogP contribution in [0.15, 0.2) is 23.2 Å². The van der Waals surface area contributed by atoms with Crippen molar-refractivity contribution in [3.63, 3.8) is 0 Å². The Morgan fingerprint density at radius 1 is 1.20 bits per heavy atom. The van der Waals surface area contributed by atoms with Gasteiger partial charge in [-0.2, -0.15) is 0 Å². The van der Waals surface area contributed by atoms with E-state index in [1.807, 2.05) is 12.1 Å². The lowest BCUT2D eigenvalue weighted by Crippen LogP contribution is -2.38. The first-order chi connectivity index (χ1) is 11.8. The Balaban J connectivity index is 0.00000225. The summed E-state index contributed by atoms with van der Waals surface area (Å²) in [5, 5.41) is 6.76. The molecular formula is C19H30IN3O2. The highest BCUT2D eigenvalue weighted by molar-refractivity contribution is 14.0. The summed E-state index contributed by atoms with van der Waals surface area (Å²) in [7, 11) is 1.69. The molecule has 0 radical (unpaired) electrons. The number of benzene rings is 1. The molecule has 0 amide bonds. The first kappa shape index (κ1) is 20.1. The minimum atomic E-state index is 0. The van der Waals surface area contributed by atoms with Gasteiger partial charge in [0.15, 0.2) is 5.96 Å². The minimum absolute atomic E-state index is 0. The molecular weight excluding hydrogens is 429 g/mol. The highest BCUT2D eigenvalue weighted by atomic mass is 127. The zero-order chi connectivity index (χ0) is 16.8. The van der Waals surface area contributed by atoms with Gasteiger partial charge in [-0.15, -0.1) is 24.0 Å². The van der Waals surface area contributed by atoms with Crippen LogP contribution in [0.5, 0.6) is 11.5 Å². The Hall–Kier alpha value is -1.18. The third-order valence-electron chi connectivity index (χ3n) is 4.54. The van der Waals surface area contributed by atoms with Gasteiger partial charge >= 0.3 is 0 Å². The standard InChI is InChI=1S/C19H29N3O2.HI/c1-3-20-19(22-15-9-10-15)21-13-14-8-11-17(23-2)12-18(14)24-16-6-4-5-7-16;/h8,11-12,15-16H,3-7,9-10,13H2,1-2H3,(H2,20,21,22);1H. The monoisotopic (exact) mass is 459 g/mol. The smallest absolute Gasteiger partial charge is 0.191 e. The Morgan fingerprint density at radius 3 is 2.60 bits per heavy atom. The third-order valence-corrected chi connectivity index (χ3v) is 4.54. The highest BCUT2D eigenvalue weighted by Crippen LogP contribution is 2.30. The maximum atomic E-state index is 6.24. The first-order valence-corrected chi connectivity index (χ1v) is 9.17. The predicted molar refractivity (Wildman–Crippen MR) is 112 cm³/mol. The molecule has 0 spiro atoms. The molecule has 140 valence electrons. The fourth-order valence-electron chi connectivity index (χ4n) is 2.99. The summed E-state index contributed by atoms with van der Waals surface area (Å²) in [5.41, 5.74) is 1.11. The van der Waals surface area contributed by atoms with Crippen LogP contribution in [0.4, 0.5) is 0 Å². The van der Waals surface area contributed by atoms with Crippen molar-refractivity contribution >= 4 is 29.9 Å². The fourth-order valence-corrected chi connectivity index (χ4v) is 2.99. The van der Waals surface area contributed by atoms with Gasteiger partial charge in [-0.25, -0.2) is 4.99 Å². The maximum absolute atomic E-state index is 6.24. The second-order valence-corrected chi connectivity index (χ2v) is 6.61. The molecule has 2 fully saturated rings. The summed E-state index contributed by atoms with van der Waals surface area (Å²) in [6.07, 6.45) is 7.62. The van der Waals surface area contributed by atoms with Crippen LogP contribution < -0.4 is 20.1 Å². The van der Waals surface area contributed by atoms with Crippen molar-refractivity contribution in [1.82, 2.24) is 10.6 Å². The summed E-state index contributed by atoms with van der Waals surface area (Å²) >= 11 is 0. The molecule has 2 aliphatic carbocycles. The number of ether oxygens (including phenoxy) is 2. The summed E-state index contributed by atoms with van der Waals surface area (Å²) in [5.74, 6) is 2.63. The van der Waals surface area contributed by atoms with Crippen molar-refractivity contribution in [2.75, 3.05) is 13.7 Å². The van der Waals surface area contributed by atoms with E-state index < -0.39 is 0 Å². The molecule has 0 aliphatic heterocycles. The lowest BCUT2D eigenvalue weighted by molar-refractivity contribution is 0.207. The van der Waals surface area contributed by atoms with Gasteiger partial charge in [0.1, 0.15) is 11.5 Å². The van der Waals surface area contributed by atoms with Crippen LogP contribution in [0.25, 0.3) is 0 Å². The van der Waals surface area contributed by atoms with Crippen LogP contribution in [0.1, 0.15) is 51.0 Å². The number of guanidine groups is 1. The van der Waals surface area contributed by atoms with Crippen LogP contribution in [0.2, 0.25) is 0 Å². The van der Waals surface area contributed by atoms with Crippen molar-refractivity contribution in [2.24, 2.45) is 4.99 Å². The summed E-state index contributed by atoms with van der Waals surface area (Å²) in [4.78, 5) is 4.73. The lowest BCUT2D eigenvalue weighted by Gasteiger charge is -2.17. The molecule has 3 rings (SSSR count). The van der Waals surface area contributed by atoms with E-state index in [1.165, 1.54) is 25.7 Å². The van der Waals surface area contributed by atoms with E-state index in [0.717, 1.165) is 42.4 Å². The molecule has 1 aromatic carbocycles. The number of hydrogen-bond donors (Lipinski definition) is 2. The second kappa shape index (κ2) is 10.1. The summed E-state index contributed by atoms with van der Waals surface area (Å²) in [6, 6.07) is 6.62. The van der Waals surface area contributed by atoms with E-state index in [9.17, 15) is 0 Å². The number of aliphatic imine (C=N–C) groups is 1. The highest BCUT2D eigenvalue weighted by Gasteiger charge is 2.22. The van der Waals surface area contributed by atoms with Crippen molar-refractivity contribution in [2.45, 2.75) is 64.1 Å². The number of nitrogens with one attached hydrogen (secondary N) is 2. The van der Waals surface area contributed by atoms with Crippen molar-refractivity contribution in [3.8, 4) is 11.5 Å². The van der Waals surface area contributed by atoms with Crippen molar-refractivity contribution < 1.29 is 9.47 Å². The average Bonchev–Trinajstić information content (AvgIpc) is 3.26. The molecule has 0 saturated heterocycles. The van der Waals surface area contributed by atoms with Crippen molar-refractivity contribution in [1.29, 1.82) is 0 Å². The van der Waals surface area contributed by atoms with Gasteiger partial charge < -0.3 is 20.1 Å². The molecule has 0 atom stereocenters. The molecule has 2 saturated carbocycles. The quantitative estimate of drug-likeness (QED) is 0.370. The Labute approximate surface area is 168 Å². The largest absolute Gasteiger partial charge is 0.497 e. The molecule has 25 heavy (non-hydrogen) atoms. The Bertz CT molecular complexity index is 570. The molecule has 0 bridgehead atoms. The molecule has 0 aromatic heterocycles. The molecule has 5 nitrogen and oxygen atoms in total. The zero-order valence-corrected chi connectivity index (χ0v) is 17.5. The van der Waals surface area contributed by atoms with Crippen LogP contribution in [0, 0.1) is 0 Å². The molecule has 2 N–H and O–H groups in total. The van der Waals surface area contributed by atoms with E-state index in [2.05, 4.69) is 23.6 Å². The predicted octanol–water partition coefficient (Wildman–Crippen LogP) is 3.85. The van der Waals surface area contributed by atoms with E-state index in [-0.39, 0.29) is 24.0 Å². The van der Waals surface area contributed by atoms with Gasteiger partial charge in [-0.1, -0.05) is 0 Å². The van der Waals surface area contributed by atoms with Gasteiger partial charge in [0.05, 0.1) is 19.8 Å². The molecule has 6 heteroatoms. The number of methoxy groups -OCH3 is 1. The lowest BCUT2D eigenvalue weighted by atomic mass is 10.2. The van der Waals surface area contributed by atoms with E-state index in [4.69, 9.17) is 14.5 Å². The van der Waals surface area contributed by atoms with Gasteiger partial charge in [-0.05, 0) is 57.6 Å². The number of halogens is 1. The molecule has 0 unspecified atom stereocenters. The number of hydrogen-bond acceptors (Lipinski definition) is 3.